The summed E-state index contributed by atoms with van der Waals surface area (Å²) in [7, 11) is 0. The minimum absolute atomic E-state index is 0.166. The molecule has 0 spiro atoms. The number of nitrogens with one attached hydrogen (secondary N) is 2. The van der Waals surface area contributed by atoms with Crippen molar-refractivity contribution in [3.63, 3.8) is 0 Å². The number of amides is 4. The van der Waals surface area contributed by atoms with E-state index < -0.39 is 0 Å². The van der Waals surface area contributed by atoms with Crippen molar-refractivity contribution in [2.75, 3.05) is 36.9 Å². The first-order valence-corrected chi connectivity index (χ1v) is 16.5. The fourth-order valence-electron chi connectivity index (χ4n) is 4.38. The summed E-state index contributed by atoms with van der Waals surface area (Å²) in [5, 5.41) is 5.68. The molecule has 2 aliphatic heterocycles. The summed E-state index contributed by atoms with van der Waals surface area (Å²) in [5.41, 5.74) is 1.17. The number of carbonyl (C=O) groups excluding carboxylic acids is 4. The molecule has 2 N–H and O–H groups in total. The van der Waals surface area contributed by atoms with Gasteiger partial charge in [0.1, 0.15) is 20.1 Å². The third-order valence-corrected chi connectivity index (χ3v) is 9.42. The normalized spacial score (nSPS) is 16.5. The fraction of sp³-hybridized carbons (Fsp3) is 0.333. The number of ether oxygens (including phenoxy) is 2. The summed E-state index contributed by atoms with van der Waals surface area (Å²) in [6.45, 7) is 5.15. The predicted octanol–water partition coefficient (Wildman–Crippen LogP) is 5.55. The van der Waals surface area contributed by atoms with Crippen LogP contribution < -0.4 is 20.1 Å². The largest absolute Gasteiger partial charge is 0.492 e. The number of benzene rings is 2. The van der Waals surface area contributed by atoms with E-state index in [1.54, 1.807) is 24.3 Å². The molecule has 2 aliphatic rings. The average Bonchev–Trinajstić information content (AvgIpc) is 3.44. The Balaban J connectivity index is 1.28. The molecular weight excluding hydrogens is 641 g/mol. The quantitative estimate of drug-likeness (QED) is 0.195. The fourth-order valence-corrected chi connectivity index (χ4v) is 7.15. The highest BCUT2D eigenvalue weighted by Gasteiger charge is 2.41. The summed E-state index contributed by atoms with van der Waals surface area (Å²) >= 11 is 13.0. The van der Waals surface area contributed by atoms with Crippen molar-refractivity contribution in [2.45, 2.75) is 39.5 Å². The maximum atomic E-state index is 13.2. The lowest BCUT2D eigenvalue weighted by Gasteiger charge is -2.15. The van der Waals surface area contributed by atoms with Crippen LogP contribution in [0, 0.1) is 0 Å². The summed E-state index contributed by atoms with van der Waals surface area (Å²) in [5.74, 6) is -0.00973. The first kappa shape index (κ1) is 33.4. The second-order valence-corrected chi connectivity index (χ2v) is 12.8. The maximum Gasteiger partial charge on any atom is 0.267 e. The van der Waals surface area contributed by atoms with Crippen molar-refractivity contribution >= 4 is 91.6 Å². The molecule has 0 atom stereocenters. The Kier molecular flexibility index (Phi) is 12.2. The number of thiocarbonyl (C=S) groups is 2. The Morgan fingerprint density at radius 3 is 1.48 bits per heavy atom. The maximum absolute atomic E-state index is 13.2. The van der Waals surface area contributed by atoms with E-state index in [2.05, 4.69) is 10.6 Å². The minimum atomic E-state index is -0.380. The average molecular weight is 673 g/mol. The van der Waals surface area contributed by atoms with Crippen molar-refractivity contribution in [2.24, 2.45) is 0 Å². The van der Waals surface area contributed by atoms with Gasteiger partial charge >= 0.3 is 0 Å². The van der Waals surface area contributed by atoms with Gasteiger partial charge in [0.15, 0.2) is 0 Å². The van der Waals surface area contributed by atoms with Gasteiger partial charge in [-0.15, -0.1) is 0 Å². The van der Waals surface area contributed by atoms with Crippen molar-refractivity contribution < 1.29 is 28.7 Å². The molecule has 2 saturated heterocycles. The van der Waals surface area contributed by atoms with Gasteiger partial charge in [-0.25, -0.2) is 0 Å². The van der Waals surface area contributed by atoms with Crippen LogP contribution in [0.15, 0.2) is 58.3 Å². The molecule has 4 rings (SSSR count). The van der Waals surface area contributed by atoms with Crippen LogP contribution in [0.4, 0.5) is 11.4 Å². The summed E-state index contributed by atoms with van der Waals surface area (Å²) in [6, 6.07) is 14.4. The topological polar surface area (TPSA) is 117 Å². The third kappa shape index (κ3) is 8.37. The van der Waals surface area contributed by atoms with E-state index in [0.717, 1.165) is 23.5 Å². The third-order valence-electron chi connectivity index (χ3n) is 6.40. The Morgan fingerprint density at radius 1 is 0.705 bits per heavy atom. The number of nitrogens with zero attached hydrogens (tertiary/aromatic N) is 2. The van der Waals surface area contributed by atoms with Crippen LogP contribution in [0.3, 0.4) is 0 Å². The SMILES string of the molecule is CCOc1ccccc1NC(=O)CCCN1C(=O)C(=C2SC(=S)N(CCCC(=O)Nc3ccccc3OCC)C2=O)SC1=S. The Morgan fingerprint density at radius 2 is 1.09 bits per heavy atom. The van der Waals surface area contributed by atoms with Gasteiger partial charge in [-0.3, -0.25) is 29.0 Å². The lowest BCUT2D eigenvalue weighted by Crippen LogP contribution is -2.31. The van der Waals surface area contributed by atoms with E-state index in [0.29, 0.717) is 57.6 Å². The molecule has 14 heteroatoms. The van der Waals surface area contributed by atoms with Gasteiger partial charge in [0.05, 0.1) is 34.4 Å². The van der Waals surface area contributed by atoms with Crippen molar-refractivity contribution in [3.05, 3.63) is 58.3 Å². The van der Waals surface area contributed by atoms with Crippen LogP contribution in [-0.2, 0) is 19.2 Å². The molecule has 2 aromatic carbocycles. The number of hydrogen-bond donors (Lipinski definition) is 2. The second-order valence-electron chi connectivity index (χ2n) is 9.47. The molecule has 10 nitrogen and oxygen atoms in total. The molecule has 0 aromatic heterocycles. The zero-order chi connectivity index (χ0) is 31.6. The Hall–Kier alpha value is -3.46. The number of rotatable bonds is 14. The molecule has 44 heavy (non-hydrogen) atoms. The number of hydrogen-bond acceptors (Lipinski definition) is 10. The molecule has 4 amide bonds. The van der Waals surface area contributed by atoms with E-state index in [1.165, 1.54) is 9.80 Å². The van der Waals surface area contributed by atoms with Gasteiger partial charge in [-0.1, -0.05) is 72.2 Å². The van der Waals surface area contributed by atoms with Gasteiger partial charge in [-0.2, -0.15) is 0 Å². The number of carbonyl (C=O) groups is 4. The first-order valence-electron chi connectivity index (χ1n) is 14.1. The molecule has 0 saturated carbocycles. The highest BCUT2D eigenvalue weighted by atomic mass is 32.2. The molecule has 0 radical (unpaired) electrons. The van der Waals surface area contributed by atoms with E-state index in [4.69, 9.17) is 33.9 Å². The van der Waals surface area contributed by atoms with Gasteiger partial charge in [0.2, 0.25) is 11.8 Å². The van der Waals surface area contributed by atoms with Crippen LogP contribution in [0.2, 0.25) is 0 Å². The minimum Gasteiger partial charge on any atom is -0.492 e. The number of thioether (sulfide) groups is 2. The van der Waals surface area contributed by atoms with E-state index in [1.807, 2.05) is 38.1 Å². The van der Waals surface area contributed by atoms with Gasteiger partial charge in [0.25, 0.3) is 11.8 Å². The molecule has 0 aliphatic carbocycles. The standard InChI is InChI=1S/C30H32N4O6S4/c1-3-39-21-13-7-5-11-19(21)31-23(35)15-9-17-33-27(37)25(43-29(33)41)26-28(38)34(30(42)44-26)18-10-16-24(36)32-20-12-6-8-14-22(20)40-4-2/h5-8,11-14H,3-4,9-10,15-18H2,1-2H3,(H,31,35)(H,32,36). The predicted molar refractivity (Wildman–Crippen MR) is 182 cm³/mol. The van der Waals surface area contributed by atoms with Crippen molar-refractivity contribution in [1.29, 1.82) is 0 Å². The summed E-state index contributed by atoms with van der Waals surface area (Å²) < 4.78 is 11.7. The molecule has 0 bridgehead atoms. The first-order chi connectivity index (χ1) is 21.2. The Bertz CT molecular complexity index is 1390. The summed E-state index contributed by atoms with van der Waals surface area (Å²) in [6.07, 6.45) is 1.08. The second kappa shape index (κ2) is 16.0. The van der Waals surface area contributed by atoms with Crippen LogP contribution in [0.1, 0.15) is 39.5 Å². The lowest BCUT2D eigenvalue weighted by atomic mass is 10.2. The van der Waals surface area contributed by atoms with Gasteiger partial charge in [0, 0.05) is 25.9 Å². The van der Waals surface area contributed by atoms with E-state index in [-0.39, 0.29) is 59.4 Å². The Labute approximate surface area is 275 Å². The smallest absolute Gasteiger partial charge is 0.267 e. The number of anilines is 2. The van der Waals surface area contributed by atoms with E-state index in [9.17, 15) is 19.2 Å². The molecule has 0 unspecified atom stereocenters. The van der Waals surface area contributed by atoms with Crippen molar-refractivity contribution in [1.82, 2.24) is 9.80 Å². The highest BCUT2D eigenvalue weighted by molar-refractivity contribution is 8.29. The van der Waals surface area contributed by atoms with Crippen LogP contribution in [-0.4, -0.2) is 68.4 Å². The zero-order valence-electron chi connectivity index (χ0n) is 24.3. The van der Waals surface area contributed by atoms with Crippen LogP contribution in [0.5, 0.6) is 11.5 Å². The molecule has 232 valence electrons. The number of para-hydroxylation sites is 4. The molecular formula is C30H32N4O6S4. The lowest BCUT2D eigenvalue weighted by molar-refractivity contribution is -0.124. The monoisotopic (exact) mass is 672 g/mol. The highest BCUT2D eigenvalue weighted by Crippen LogP contribution is 2.42. The van der Waals surface area contributed by atoms with E-state index >= 15 is 0 Å². The van der Waals surface area contributed by atoms with Crippen molar-refractivity contribution in [3.8, 4) is 11.5 Å². The zero-order valence-corrected chi connectivity index (χ0v) is 27.5. The molecule has 2 aromatic rings. The molecule has 2 heterocycles. The van der Waals surface area contributed by atoms with Gasteiger partial charge < -0.3 is 20.1 Å². The van der Waals surface area contributed by atoms with Crippen LogP contribution in [0.25, 0.3) is 0 Å². The molecule has 2 fully saturated rings. The van der Waals surface area contributed by atoms with Gasteiger partial charge in [-0.05, 0) is 51.0 Å². The summed E-state index contributed by atoms with van der Waals surface area (Å²) in [4.78, 5) is 54.9. The van der Waals surface area contributed by atoms with Crippen LogP contribution >= 0.6 is 48.0 Å².